The standard InChI is InChI=1S/C18H11BrIN3O/c1-10(24)23-16-4-2-3-14(20)17(16)13-9-15(21-22-18(13)23)11-5-7-12(19)8-6-11/h2-9H,1H3. The van der Waals surface area contributed by atoms with Crippen molar-refractivity contribution in [1.29, 1.82) is 0 Å². The van der Waals surface area contributed by atoms with Gasteiger partial charge in [0.2, 0.25) is 5.91 Å². The Hall–Kier alpha value is -1.80. The van der Waals surface area contributed by atoms with Crippen LogP contribution in [0.5, 0.6) is 0 Å². The molecule has 0 saturated carbocycles. The maximum atomic E-state index is 12.1. The normalized spacial score (nSPS) is 11.3. The molecule has 0 spiro atoms. The lowest BCUT2D eigenvalue weighted by molar-refractivity contribution is 0.0945. The monoisotopic (exact) mass is 491 g/mol. The van der Waals surface area contributed by atoms with Crippen molar-refractivity contribution >= 4 is 66.4 Å². The number of carbonyl (C=O) groups is 1. The Kier molecular flexibility index (Phi) is 3.88. The molecule has 4 aromatic rings. The van der Waals surface area contributed by atoms with Crippen LogP contribution in [0.3, 0.4) is 0 Å². The number of hydrogen-bond acceptors (Lipinski definition) is 3. The van der Waals surface area contributed by atoms with E-state index in [0.717, 1.165) is 35.6 Å². The quantitative estimate of drug-likeness (QED) is 0.340. The second-order valence-electron chi connectivity index (χ2n) is 5.46. The number of aromatic nitrogens is 3. The first-order valence-corrected chi connectivity index (χ1v) is 9.16. The van der Waals surface area contributed by atoms with Crippen molar-refractivity contribution in [2.75, 3.05) is 0 Å². The lowest BCUT2D eigenvalue weighted by atomic mass is 10.1. The van der Waals surface area contributed by atoms with Crippen molar-refractivity contribution < 1.29 is 4.79 Å². The molecule has 0 aliphatic carbocycles. The van der Waals surface area contributed by atoms with E-state index in [1.54, 1.807) is 11.5 Å². The molecule has 2 aromatic heterocycles. The fraction of sp³-hybridized carbons (Fsp3) is 0.0556. The zero-order chi connectivity index (χ0) is 16.8. The fourth-order valence-electron chi connectivity index (χ4n) is 2.89. The summed E-state index contributed by atoms with van der Waals surface area (Å²) in [5.41, 5.74) is 3.24. The topological polar surface area (TPSA) is 47.8 Å². The summed E-state index contributed by atoms with van der Waals surface area (Å²) in [5, 5.41) is 10.7. The minimum Gasteiger partial charge on any atom is -0.274 e. The highest BCUT2D eigenvalue weighted by Crippen LogP contribution is 2.33. The molecule has 0 amide bonds. The van der Waals surface area contributed by atoms with Crippen LogP contribution in [0, 0.1) is 3.57 Å². The number of rotatable bonds is 1. The smallest absolute Gasteiger partial charge is 0.229 e. The Balaban J connectivity index is 2.08. The van der Waals surface area contributed by atoms with E-state index in [2.05, 4.69) is 48.7 Å². The van der Waals surface area contributed by atoms with Crippen LogP contribution in [-0.2, 0) is 0 Å². The number of carbonyl (C=O) groups excluding carboxylic acids is 1. The molecule has 4 rings (SSSR count). The van der Waals surface area contributed by atoms with Gasteiger partial charge in [-0.15, -0.1) is 10.2 Å². The van der Waals surface area contributed by atoms with Crippen LogP contribution in [0.1, 0.15) is 11.7 Å². The van der Waals surface area contributed by atoms with Gasteiger partial charge in [-0.25, -0.2) is 0 Å². The fourth-order valence-corrected chi connectivity index (χ4v) is 3.93. The number of fused-ring (bicyclic) bond motifs is 3. The van der Waals surface area contributed by atoms with Crippen molar-refractivity contribution in [3.8, 4) is 11.3 Å². The SMILES string of the molecule is CC(=O)n1c2cccc(I)c2c2cc(-c3ccc(Br)cc3)nnc21. The molecule has 2 aromatic carbocycles. The maximum Gasteiger partial charge on any atom is 0.229 e. The van der Waals surface area contributed by atoms with Crippen LogP contribution in [0.15, 0.2) is 53.0 Å². The molecule has 0 aliphatic heterocycles. The molecule has 0 fully saturated rings. The molecule has 4 nitrogen and oxygen atoms in total. The van der Waals surface area contributed by atoms with Gasteiger partial charge in [-0.1, -0.05) is 34.1 Å². The number of benzene rings is 2. The van der Waals surface area contributed by atoms with Gasteiger partial charge < -0.3 is 0 Å². The Bertz CT molecular complexity index is 1100. The van der Waals surface area contributed by atoms with Gasteiger partial charge in [0.25, 0.3) is 0 Å². The van der Waals surface area contributed by atoms with Gasteiger partial charge in [0.05, 0.1) is 11.2 Å². The van der Waals surface area contributed by atoms with Crippen LogP contribution in [0.2, 0.25) is 0 Å². The summed E-state index contributed by atoms with van der Waals surface area (Å²) in [5.74, 6) is -0.0670. The Morgan fingerprint density at radius 1 is 1.12 bits per heavy atom. The third-order valence-electron chi connectivity index (χ3n) is 3.94. The molecule has 0 radical (unpaired) electrons. The van der Waals surface area contributed by atoms with E-state index in [1.807, 2.05) is 48.5 Å². The molecule has 6 heteroatoms. The third kappa shape index (κ3) is 2.44. The molecule has 118 valence electrons. The highest BCUT2D eigenvalue weighted by molar-refractivity contribution is 14.1. The predicted octanol–water partition coefficient (Wildman–Crippen LogP) is 5.28. The Labute approximate surface area is 160 Å². The average molecular weight is 492 g/mol. The second kappa shape index (κ2) is 5.93. The minimum atomic E-state index is -0.0670. The lowest BCUT2D eigenvalue weighted by Gasteiger charge is -2.02. The van der Waals surface area contributed by atoms with Gasteiger partial charge in [-0.2, -0.15) is 0 Å². The lowest BCUT2D eigenvalue weighted by Crippen LogP contribution is -2.06. The first-order chi connectivity index (χ1) is 11.6. The molecule has 0 N–H and O–H groups in total. The van der Waals surface area contributed by atoms with E-state index in [-0.39, 0.29) is 5.91 Å². The zero-order valence-electron chi connectivity index (χ0n) is 12.6. The molecular formula is C18H11BrIN3O. The molecule has 0 saturated heterocycles. The first-order valence-electron chi connectivity index (χ1n) is 7.29. The third-order valence-corrected chi connectivity index (χ3v) is 5.37. The molecule has 0 atom stereocenters. The summed E-state index contributed by atoms with van der Waals surface area (Å²) >= 11 is 5.74. The van der Waals surface area contributed by atoms with Crippen LogP contribution in [-0.4, -0.2) is 20.7 Å². The second-order valence-corrected chi connectivity index (χ2v) is 7.54. The van der Waals surface area contributed by atoms with Crippen molar-refractivity contribution in [2.24, 2.45) is 0 Å². The van der Waals surface area contributed by atoms with Crippen LogP contribution in [0.4, 0.5) is 0 Å². The van der Waals surface area contributed by atoms with Crippen molar-refractivity contribution in [2.45, 2.75) is 6.92 Å². The molecule has 0 aliphatic rings. The average Bonchev–Trinajstić information content (AvgIpc) is 2.90. The van der Waals surface area contributed by atoms with E-state index in [1.165, 1.54) is 0 Å². The summed E-state index contributed by atoms with van der Waals surface area (Å²) in [4.78, 5) is 12.1. The molecule has 2 heterocycles. The number of halogens is 2. The van der Waals surface area contributed by atoms with Crippen LogP contribution >= 0.6 is 38.5 Å². The largest absolute Gasteiger partial charge is 0.274 e. The first kappa shape index (κ1) is 15.7. The van der Waals surface area contributed by atoms with Gasteiger partial charge in [-0.3, -0.25) is 9.36 Å². The summed E-state index contributed by atoms with van der Waals surface area (Å²) in [6, 6.07) is 15.9. The number of nitrogens with zero attached hydrogens (tertiary/aromatic N) is 3. The molecular weight excluding hydrogens is 481 g/mol. The summed E-state index contributed by atoms with van der Waals surface area (Å²) in [6.45, 7) is 1.54. The van der Waals surface area contributed by atoms with E-state index in [9.17, 15) is 4.79 Å². The van der Waals surface area contributed by atoms with Gasteiger partial charge in [0.15, 0.2) is 5.65 Å². The van der Waals surface area contributed by atoms with E-state index < -0.39 is 0 Å². The highest BCUT2D eigenvalue weighted by atomic mass is 127. The Morgan fingerprint density at radius 2 is 1.88 bits per heavy atom. The predicted molar refractivity (Wildman–Crippen MR) is 107 cm³/mol. The van der Waals surface area contributed by atoms with Gasteiger partial charge in [-0.05, 0) is 52.9 Å². The molecule has 24 heavy (non-hydrogen) atoms. The van der Waals surface area contributed by atoms with Crippen LogP contribution in [0.25, 0.3) is 33.2 Å². The summed E-state index contributed by atoms with van der Waals surface area (Å²) in [6.07, 6.45) is 0. The molecule has 0 bridgehead atoms. The van der Waals surface area contributed by atoms with Crippen molar-refractivity contribution in [1.82, 2.24) is 14.8 Å². The summed E-state index contributed by atoms with van der Waals surface area (Å²) in [7, 11) is 0. The van der Waals surface area contributed by atoms with Gasteiger partial charge >= 0.3 is 0 Å². The van der Waals surface area contributed by atoms with E-state index >= 15 is 0 Å². The van der Waals surface area contributed by atoms with E-state index in [0.29, 0.717) is 5.65 Å². The minimum absolute atomic E-state index is 0.0670. The van der Waals surface area contributed by atoms with Crippen molar-refractivity contribution in [3.63, 3.8) is 0 Å². The van der Waals surface area contributed by atoms with Gasteiger partial charge in [0, 0.05) is 31.3 Å². The van der Waals surface area contributed by atoms with E-state index in [4.69, 9.17) is 0 Å². The highest BCUT2D eigenvalue weighted by Gasteiger charge is 2.18. The zero-order valence-corrected chi connectivity index (χ0v) is 16.4. The Morgan fingerprint density at radius 3 is 2.58 bits per heavy atom. The number of hydrogen-bond donors (Lipinski definition) is 0. The summed E-state index contributed by atoms with van der Waals surface area (Å²) < 4.78 is 3.73. The van der Waals surface area contributed by atoms with Crippen molar-refractivity contribution in [3.05, 3.63) is 56.6 Å². The van der Waals surface area contributed by atoms with Crippen LogP contribution < -0.4 is 0 Å². The maximum absolute atomic E-state index is 12.1. The molecule has 0 unspecified atom stereocenters. The van der Waals surface area contributed by atoms with Gasteiger partial charge in [0.1, 0.15) is 0 Å².